The van der Waals surface area contributed by atoms with Crippen molar-refractivity contribution in [1.29, 1.82) is 0 Å². The largest absolute Gasteiger partial charge is 0.330 e. The molecule has 0 spiro atoms. The van der Waals surface area contributed by atoms with Gasteiger partial charge in [-0.2, -0.15) is 0 Å². The number of aromatic nitrogens is 2. The van der Waals surface area contributed by atoms with E-state index in [9.17, 15) is 0 Å². The SMILES string of the molecule is NCCc1ccccc1-c1ccncn1. The molecule has 1 aromatic carbocycles. The Morgan fingerprint density at radius 1 is 1.13 bits per heavy atom. The topological polar surface area (TPSA) is 51.8 Å². The Morgan fingerprint density at radius 3 is 2.73 bits per heavy atom. The van der Waals surface area contributed by atoms with Crippen LogP contribution in [0.1, 0.15) is 5.56 Å². The Kier molecular flexibility index (Phi) is 3.05. The summed E-state index contributed by atoms with van der Waals surface area (Å²) in [4.78, 5) is 8.15. The number of nitrogens with two attached hydrogens (primary N) is 1. The third-order valence-electron chi connectivity index (χ3n) is 2.29. The fraction of sp³-hybridized carbons (Fsp3) is 0.167. The molecular formula is C12H13N3. The molecule has 2 rings (SSSR count). The fourth-order valence-corrected chi connectivity index (χ4v) is 1.59. The van der Waals surface area contributed by atoms with E-state index >= 15 is 0 Å². The van der Waals surface area contributed by atoms with Gasteiger partial charge in [-0.1, -0.05) is 24.3 Å². The molecule has 0 bridgehead atoms. The molecule has 1 aromatic heterocycles. The van der Waals surface area contributed by atoms with Gasteiger partial charge in [0.15, 0.2) is 0 Å². The first kappa shape index (κ1) is 9.80. The lowest BCUT2D eigenvalue weighted by molar-refractivity contribution is 0.968. The Labute approximate surface area is 89.0 Å². The van der Waals surface area contributed by atoms with Crippen molar-refractivity contribution in [3.8, 4) is 11.3 Å². The van der Waals surface area contributed by atoms with Crippen molar-refractivity contribution in [1.82, 2.24) is 9.97 Å². The summed E-state index contributed by atoms with van der Waals surface area (Å²) in [5, 5.41) is 0. The lowest BCUT2D eigenvalue weighted by Crippen LogP contribution is -2.04. The van der Waals surface area contributed by atoms with Crippen LogP contribution in [0.3, 0.4) is 0 Å². The van der Waals surface area contributed by atoms with Gasteiger partial charge in [-0.3, -0.25) is 0 Å². The highest BCUT2D eigenvalue weighted by Gasteiger charge is 2.03. The number of benzene rings is 1. The molecule has 0 radical (unpaired) electrons. The second-order valence-corrected chi connectivity index (χ2v) is 3.29. The monoisotopic (exact) mass is 199 g/mol. The molecule has 2 aromatic rings. The third kappa shape index (κ3) is 2.19. The van der Waals surface area contributed by atoms with E-state index in [-0.39, 0.29) is 0 Å². The standard InChI is InChI=1S/C12H13N3/c13-7-5-10-3-1-2-4-11(10)12-6-8-14-9-15-12/h1-4,6,8-9H,5,7,13H2. The minimum Gasteiger partial charge on any atom is -0.330 e. The van der Waals surface area contributed by atoms with Gasteiger partial charge in [-0.25, -0.2) is 9.97 Å². The molecule has 76 valence electrons. The van der Waals surface area contributed by atoms with E-state index in [1.807, 2.05) is 18.2 Å². The summed E-state index contributed by atoms with van der Waals surface area (Å²) in [6.45, 7) is 0.655. The maximum Gasteiger partial charge on any atom is 0.116 e. The van der Waals surface area contributed by atoms with Crippen molar-refractivity contribution in [3.63, 3.8) is 0 Å². The van der Waals surface area contributed by atoms with Gasteiger partial charge >= 0.3 is 0 Å². The van der Waals surface area contributed by atoms with E-state index in [1.165, 1.54) is 5.56 Å². The third-order valence-corrected chi connectivity index (χ3v) is 2.29. The van der Waals surface area contributed by atoms with Gasteiger partial charge in [0.25, 0.3) is 0 Å². The number of hydrogen-bond donors (Lipinski definition) is 1. The number of hydrogen-bond acceptors (Lipinski definition) is 3. The van der Waals surface area contributed by atoms with Crippen molar-refractivity contribution in [2.75, 3.05) is 6.54 Å². The van der Waals surface area contributed by atoms with Crippen molar-refractivity contribution in [3.05, 3.63) is 48.4 Å². The van der Waals surface area contributed by atoms with Gasteiger partial charge in [0.2, 0.25) is 0 Å². The number of rotatable bonds is 3. The average molecular weight is 199 g/mol. The second-order valence-electron chi connectivity index (χ2n) is 3.29. The summed E-state index contributed by atoms with van der Waals surface area (Å²) in [5.41, 5.74) is 8.91. The van der Waals surface area contributed by atoms with Crippen LogP contribution in [-0.2, 0) is 6.42 Å². The van der Waals surface area contributed by atoms with Crippen LogP contribution >= 0.6 is 0 Å². The van der Waals surface area contributed by atoms with Gasteiger partial charge in [-0.05, 0) is 24.6 Å². The van der Waals surface area contributed by atoms with Gasteiger partial charge in [-0.15, -0.1) is 0 Å². The minimum absolute atomic E-state index is 0.655. The van der Waals surface area contributed by atoms with E-state index < -0.39 is 0 Å². The van der Waals surface area contributed by atoms with Crippen LogP contribution in [0.25, 0.3) is 11.3 Å². The molecule has 0 aliphatic heterocycles. The summed E-state index contributed by atoms with van der Waals surface area (Å²) in [6, 6.07) is 10.1. The van der Waals surface area contributed by atoms with Gasteiger partial charge in [0, 0.05) is 11.8 Å². The quantitative estimate of drug-likeness (QED) is 0.817. The molecule has 0 unspecified atom stereocenters. The zero-order chi connectivity index (χ0) is 10.5. The molecule has 0 saturated heterocycles. The Hall–Kier alpha value is -1.74. The van der Waals surface area contributed by atoms with E-state index in [2.05, 4.69) is 22.1 Å². The molecule has 15 heavy (non-hydrogen) atoms. The molecule has 0 fully saturated rings. The van der Waals surface area contributed by atoms with Crippen molar-refractivity contribution in [2.24, 2.45) is 5.73 Å². The van der Waals surface area contributed by atoms with E-state index in [0.29, 0.717) is 6.54 Å². The highest BCUT2D eigenvalue weighted by atomic mass is 14.8. The minimum atomic E-state index is 0.655. The molecule has 2 N–H and O–H groups in total. The Balaban J connectivity index is 2.43. The van der Waals surface area contributed by atoms with Gasteiger partial charge in [0.05, 0.1) is 5.69 Å². The maximum absolute atomic E-state index is 5.57. The van der Waals surface area contributed by atoms with Crippen LogP contribution in [0.15, 0.2) is 42.9 Å². The number of nitrogens with zero attached hydrogens (tertiary/aromatic N) is 2. The Bertz CT molecular complexity index is 426. The predicted octanol–water partition coefficient (Wildman–Crippen LogP) is 1.64. The summed E-state index contributed by atoms with van der Waals surface area (Å²) < 4.78 is 0. The fourth-order valence-electron chi connectivity index (χ4n) is 1.59. The van der Waals surface area contributed by atoms with Crippen LogP contribution in [0.2, 0.25) is 0 Å². The van der Waals surface area contributed by atoms with Crippen LogP contribution in [-0.4, -0.2) is 16.5 Å². The predicted molar refractivity (Wildman–Crippen MR) is 60.2 cm³/mol. The molecule has 0 aliphatic carbocycles. The molecule has 0 saturated carbocycles. The summed E-state index contributed by atoms with van der Waals surface area (Å²) in [6.07, 6.45) is 4.19. The summed E-state index contributed by atoms with van der Waals surface area (Å²) in [5.74, 6) is 0. The zero-order valence-corrected chi connectivity index (χ0v) is 8.43. The summed E-state index contributed by atoms with van der Waals surface area (Å²) in [7, 11) is 0. The Morgan fingerprint density at radius 2 is 2.00 bits per heavy atom. The maximum atomic E-state index is 5.57. The van der Waals surface area contributed by atoms with Crippen molar-refractivity contribution >= 4 is 0 Å². The molecule has 1 heterocycles. The van der Waals surface area contributed by atoms with Crippen LogP contribution < -0.4 is 5.73 Å². The van der Waals surface area contributed by atoms with E-state index in [4.69, 9.17) is 5.73 Å². The lowest BCUT2D eigenvalue weighted by Gasteiger charge is -2.06. The molecule has 3 nitrogen and oxygen atoms in total. The first-order valence-corrected chi connectivity index (χ1v) is 4.96. The van der Waals surface area contributed by atoms with Crippen molar-refractivity contribution < 1.29 is 0 Å². The average Bonchev–Trinajstić information content (AvgIpc) is 2.31. The normalized spacial score (nSPS) is 10.2. The van der Waals surface area contributed by atoms with Gasteiger partial charge in [0.1, 0.15) is 6.33 Å². The molecular weight excluding hydrogens is 186 g/mol. The molecule has 0 amide bonds. The lowest BCUT2D eigenvalue weighted by atomic mass is 10.0. The van der Waals surface area contributed by atoms with E-state index in [1.54, 1.807) is 12.5 Å². The van der Waals surface area contributed by atoms with Crippen LogP contribution in [0.4, 0.5) is 0 Å². The molecule has 3 heteroatoms. The summed E-state index contributed by atoms with van der Waals surface area (Å²) >= 11 is 0. The first-order chi connectivity index (χ1) is 7.42. The molecule has 0 atom stereocenters. The highest BCUT2D eigenvalue weighted by molar-refractivity contribution is 5.63. The highest BCUT2D eigenvalue weighted by Crippen LogP contribution is 2.20. The second kappa shape index (κ2) is 4.66. The van der Waals surface area contributed by atoms with Gasteiger partial charge < -0.3 is 5.73 Å². The van der Waals surface area contributed by atoms with Crippen molar-refractivity contribution in [2.45, 2.75) is 6.42 Å². The van der Waals surface area contributed by atoms with Crippen LogP contribution in [0.5, 0.6) is 0 Å². The molecule has 0 aliphatic rings. The smallest absolute Gasteiger partial charge is 0.116 e. The van der Waals surface area contributed by atoms with E-state index in [0.717, 1.165) is 17.7 Å². The first-order valence-electron chi connectivity index (χ1n) is 4.96. The van der Waals surface area contributed by atoms with Crippen LogP contribution in [0, 0.1) is 0 Å². The zero-order valence-electron chi connectivity index (χ0n) is 8.43.